The molecular formula is C12H17ClN4O. The minimum atomic E-state index is 0.222. The second-order valence-electron chi connectivity index (χ2n) is 4.91. The van der Waals surface area contributed by atoms with Gasteiger partial charge < -0.3 is 9.64 Å². The van der Waals surface area contributed by atoms with Crippen LogP contribution in [0.1, 0.15) is 38.5 Å². The lowest BCUT2D eigenvalue weighted by Gasteiger charge is -2.16. The van der Waals surface area contributed by atoms with Gasteiger partial charge in [-0.25, -0.2) is 0 Å². The van der Waals surface area contributed by atoms with Gasteiger partial charge in [-0.05, 0) is 50.1 Å². The number of hydrogen-bond donors (Lipinski definition) is 0. The van der Waals surface area contributed by atoms with Crippen LogP contribution in [-0.2, 0) is 0 Å². The Hall–Kier alpha value is -1.10. The normalized spacial score (nSPS) is 20.6. The molecule has 6 heteroatoms. The van der Waals surface area contributed by atoms with E-state index in [0.29, 0.717) is 12.0 Å². The van der Waals surface area contributed by atoms with E-state index in [-0.39, 0.29) is 11.4 Å². The minimum Gasteiger partial charge on any atom is -0.460 e. The summed E-state index contributed by atoms with van der Waals surface area (Å²) in [6.45, 7) is 1.98. The van der Waals surface area contributed by atoms with Crippen molar-refractivity contribution in [3.8, 4) is 6.01 Å². The van der Waals surface area contributed by atoms with Crippen molar-refractivity contribution in [3.63, 3.8) is 0 Å². The third-order valence-electron chi connectivity index (χ3n) is 3.54. The summed E-state index contributed by atoms with van der Waals surface area (Å²) in [6.07, 6.45) is 7.23. The first-order valence-corrected chi connectivity index (χ1v) is 7.02. The zero-order valence-electron chi connectivity index (χ0n) is 10.3. The van der Waals surface area contributed by atoms with Gasteiger partial charge in [0.1, 0.15) is 6.10 Å². The fourth-order valence-corrected chi connectivity index (χ4v) is 2.74. The Morgan fingerprint density at radius 3 is 2.44 bits per heavy atom. The minimum absolute atomic E-state index is 0.222. The van der Waals surface area contributed by atoms with Gasteiger partial charge in [-0.15, -0.1) is 0 Å². The van der Waals surface area contributed by atoms with Gasteiger partial charge >= 0.3 is 6.01 Å². The Morgan fingerprint density at radius 1 is 1.00 bits per heavy atom. The highest BCUT2D eigenvalue weighted by molar-refractivity contribution is 6.28. The van der Waals surface area contributed by atoms with E-state index in [1.807, 2.05) is 0 Å². The first-order valence-electron chi connectivity index (χ1n) is 6.64. The van der Waals surface area contributed by atoms with Gasteiger partial charge in [0.05, 0.1) is 0 Å². The molecule has 0 radical (unpaired) electrons. The largest absolute Gasteiger partial charge is 0.460 e. The van der Waals surface area contributed by atoms with E-state index in [2.05, 4.69) is 19.9 Å². The standard InChI is InChI=1S/C12H17ClN4O/c13-10-14-11(17-7-3-4-8-17)16-12(15-10)18-9-5-1-2-6-9/h9H,1-8H2. The van der Waals surface area contributed by atoms with Gasteiger partial charge in [-0.1, -0.05) is 0 Å². The summed E-state index contributed by atoms with van der Waals surface area (Å²) >= 11 is 5.94. The Bertz CT molecular complexity index is 417. The van der Waals surface area contributed by atoms with Gasteiger partial charge in [0, 0.05) is 13.1 Å². The summed E-state index contributed by atoms with van der Waals surface area (Å²) in [5.74, 6) is 0.653. The van der Waals surface area contributed by atoms with Crippen LogP contribution in [0.4, 0.5) is 5.95 Å². The molecular weight excluding hydrogens is 252 g/mol. The highest BCUT2D eigenvalue weighted by Gasteiger charge is 2.21. The molecule has 1 aromatic heterocycles. The summed E-state index contributed by atoms with van der Waals surface area (Å²) in [6, 6.07) is 0.379. The maximum Gasteiger partial charge on any atom is 0.322 e. The second kappa shape index (κ2) is 5.26. The van der Waals surface area contributed by atoms with Crippen molar-refractivity contribution < 1.29 is 4.74 Å². The molecule has 0 amide bonds. The van der Waals surface area contributed by atoms with E-state index >= 15 is 0 Å². The predicted octanol–water partition coefficient (Wildman–Crippen LogP) is 2.45. The van der Waals surface area contributed by atoms with Gasteiger partial charge in [-0.3, -0.25) is 0 Å². The van der Waals surface area contributed by atoms with Crippen LogP contribution in [0.3, 0.4) is 0 Å². The van der Waals surface area contributed by atoms with Crippen molar-refractivity contribution >= 4 is 17.5 Å². The zero-order chi connectivity index (χ0) is 12.4. The van der Waals surface area contributed by atoms with Crippen LogP contribution < -0.4 is 9.64 Å². The Morgan fingerprint density at radius 2 is 1.72 bits per heavy atom. The van der Waals surface area contributed by atoms with Crippen molar-refractivity contribution in [2.24, 2.45) is 0 Å². The lowest BCUT2D eigenvalue weighted by molar-refractivity contribution is 0.192. The highest BCUT2D eigenvalue weighted by Crippen LogP contribution is 2.24. The molecule has 0 unspecified atom stereocenters. The average molecular weight is 269 g/mol. The molecule has 3 rings (SSSR count). The molecule has 0 spiro atoms. The first-order chi connectivity index (χ1) is 8.81. The van der Waals surface area contributed by atoms with E-state index < -0.39 is 0 Å². The molecule has 1 saturated carbocycles. The highest BCUT2D eigenvalue weighted by atomic mass is 35.5. The molecule has 98 valence electrons. The van der Waals surface area contributed by atoms with Crippen molar-refractivity contribution in [1.82, 2.24) is 15.0 Å². The number of halogens is 1. The SMILES string of the molecule is Clc1nc(OC2CCCC2)nc(N2CCCC2)n1. The van der Waals surface area contributed by atoms with Crippen LogP contribution in [0.15, 0.2) is 0 Å². The van der Waals surface area contributed by atoms with Crippen molar-refractivity contribution in [2.45, 2.75) is 44.6 Å². The van der Waals surface area contributed by atoms with Crippen molar-refractivity contribution in [1.29, 1.82) is 0 Å². The molecule has 0 atom stereocenters. The molecule has 1 aliphatic heterocycles. The molecule has 18 heavy (non-hydrogen) atoms. The summed E-state index contributed by atoms with van der Waals surface area (Å²) in [7, 11) is 0. The van der Waals surface area contributed by atoms with E-state index in [9.17, 15) is 0 Å². The summed E-state index contributed by atoms with van der Waals surface area (Å²) < 4.78 is 5.78. The van der Waals surface area contributed by atoms with Crippen LogP contribution in [0.25, 0.3) is 0 Å². The van der Waals surface area contributed by atoms with Crippen molar-refractivity contribution in [2.75, 3.05) is 18.0 Å². The van der Waals surface area contributed by atoms with Gasteiger partial charge in [0.2, 0.25) is 11.2 Å². The molecule has 0 bridgehead atoms. The fourth-order valence-electron chi connectivity index (χ4n) is 2.59. The maximum atomic E-state index is 5.94. The van der Waals surface area contributed by atoms with E-state index in [1.54, 1.807) is 0 Å². The summed E-state index contributed by atoms with van der Waals surface area (Å²) in [5.41, 5.74) is 0. The summed E-state index contributed by atoms with van der Waals surface area (Å²) in [4.78, 5) is 14.8. The van der Waals surface area contributed by atoms with Crippen LogP contribution in [-0.4, -0.2) is 34.1 Å². The van der Waals surface area contributed by atoms with Crippen LogP contribution in [0.5, 0.6) is 6.01 Å². The molecule has 1 aromatic rings. The Kier molecular flexibility index (Phi) is 3.50. The van der Waals surface area contributed by atoms with Gasteiger partial charge in [-0.2, -0.15) is 15.0 Å². The lowest BCUT2D eigenvalue weighted by Crippen LogP contribution is -2.22. The van der Waals surface area contributed by atoms with Crippen molar-refractivity contribution in [3.05, 3.63) is 5.28 Å². The fraction of sp³-hybridized carbons (Fsp3) is 0.750. The molecule has 2 heterocycles. The van der Waals surface area contributed by atoms with Crippen LogP contribution in [0, 0.1) is 0 Å². The molecule has 2 fully saturated rings. The Labute approximate surface area is 112 Å². The number of nitrogens with zero attached hydrogens (tertiary/aromatic N) is 4. The number of rotatable bonds is 3. The maximum absolute atomic E-state index is 5.94. The van der Waals surface area contributed by atoms with Gasteiger partial charge in [0.25, 0.3) is 0 Å². The molecule has 0 aromatic carbocycles. The molecule has 0 N–H and O–H groups in total. The average Bonchev–Trinajstić information content (AvgIpc) is 3.00. The third-order valence-corrected chi connectivity index (χ3v) is 3.71. The predicted molar refractivity (Wildman–Crippen MR) is 69.2 cm³/mol. The third kappa shape index (κ3) is 2.66. The van der Waals surface area contributed by atoms with Gasteiger partial charge in [0.15, 0.2) is 0 Å². The quantitative estimate of drug-likeness (QED) is 0.843. The molecule has 2 aliphatic rings. The second-order valence-corrected chi connectivity index (χ2v) is 5.24. The van der Waals surface area contributed by atoms with E-state index in [4.69, 9.17) is 16.3 Å². The smallest absolute Gasteiger partial charge is 0.322 e. The first kappa shape index (κ1) is 12.0. The van der Waals surface area contributed by atoms with E-state index in [0.717, 1.165) is 25.9 Å². The lowest BCUT2D eigenvalue weighted by atomic mass is 10.3. The Balaban J connectivity index is 1.76. The monoisotopic (exact) mass is 268 g/mol. The van der Waals surface area contributed by atoms with E-state index in [1.165, 1.54) is 25.7 Å². The van der Waals surface area contributed by atoms with Crippen LogP contribution >= 0.6 is 11.6 Å². The number of aromatic nitrogens is 3. The number of ether oxygens (including phenoxy) is 1. The molecule has 5 nitrogen and oxygen atoms in total. The van der Waals surface area contributed by atoms with Crippen LogP contribution in [0.2, 0.25) is 5.28 Å². The summed E-state index contributed by atoms with van der Waals surface area (Å²) in [5, 5.41) is 0.222. The number of anilines is 1. The number of hydrogen-bond acceptors (Lipinski definition) is 5. The molecule has 1 saturated heterocycles. The molecule has 1 aliphatic carbocycles. The topological polar surface area (TPSA) is 51.1 Å². The zero-order valence-corrected chi connectivity index (χ0v) is 11.1.